The van der Waals surface area contributed by atoms with Gasteiger partial charge >= 0.3 is 0 Å². The van der Waals surface area contributed by atoms with Crippen molar-refractivity contribution in [3.05, 3.63) is 0 Å². The lowest BCUT2D eigenvalue weighted by atomic mass is 9.92. The van der Waals surface area contributed by atoms with Gasteiger partial charge in [0.2, 0.25) is 0 Å². The third-order valence-electron chi connectivity index (χ3n) is 3.44. The van der Waals surface area contributed by atoms with E-state index < -0.39 is 0 Å². The Morgan fingerprint density at radius 1 is 1.27 bits per heavy atom. The van der Waals surface area contributed by atoms with E-state index in [9.17, 15) is 0 Å². The maximum Gasteiger partial charge on any atom is 0.0434 e. The van der Waals surface area contributed by atoms with Crippen LogP contribution in [-0.4, -0.2) is 24.3 Å². The Hall–Kier alpha value is -0.0800. The van der Waals surface area contributed by atoms with Crippen molar-refractivity contribution in [3.8, 4) is 0 Å². The second-order valence-corrected chi connectivity index (χ2v) is 6.07. The van der Waals surface area contributed by atoms with Crippen molar-refractivity contribution in [2.24, 2.45) is 11.3 Å². The Morgan fingerprint density at radius 3 is 2.60 bits per heavy atom. The minimum Gasteiger partial charge on any atom is -0.396 e. The maximum absolute atomic E-state index is 8.97. The topological polar surface area (TPSA) is 32.3 Å². The van der Waals surface area contributed by atoms with Crippen molar-refractivity contribution >= 4 is 0 Å². The highest BCUT2D eigenvalue weighted by Gasteiger charge is 2.26. The van der Waals surface area contributed by atoms with Crippen LogP contribution in [0.5, 0.6) is 0 Å². The second-order valence-electron chi connectivity index (χ2n) is 6.07. The maximum atomic E-state index is 8.97. The molecule has 1 aliphatic rings. The fourth-order valence-corrected chi connectivity index (χ4v) is 2.45. The van der Waals surface area contributed by atoms with Crippen molar-refractivity contribution in [1.29, 1.82) is 0 Å². The highest BCUT2D eigenvalue weighted by atomic mass is 16.3. The molecule has 2 unspecified atom stereocenters. The number of hydrogen-bond donors (Lipinski definition) is 2. The van der Waals surface area contributed by atoms with Gasteiger partial charge in [0.05, 0.1) is 0 Å². The van der Waals surface area contributed by atoms with Crippen LogP contribution >= 0.6 is 0 Å². The van der Waals surface area contributed by atoms with Crippen LogP contribution < -0.4 is 5.32 Å². The van der Waals surface area contributed by atoms with Gasteiger partial charge in [-0.3, -0.25) is 0 Å². The van der Waals surface area contributed by atoms with Gasteiger partial charge in [-0.25, -0.2) is 0 Å². The highest BCUT2D eigenvalue weighted by molar-refractivity contribution is 4.83. The summed E-state index contributed by atoms with van der Waals surface area (Å²) >= 11 is 0. The van der Waals surface area contributed by atoms with Gasteiger partial charge in [-0.15, -0.1) is 0 Å². The first-order valence-electron chi connectivity index (χ1n) is 6.37. The summed E-state index contributed by atoms with van der Waals surface area (Å²) in [5, 5.41) is 12.6. The van der Waals surface area contributed by atoms with E-state index in [4.69, 9.17) is 5.11 Å². The van der Waals surface area contributed by atoms with Crippen LogP contribution in [-0.2, 0) is 0 Å². The molecule has 0 bridgehead atoms. The third-order valence-corrected chi connectivity index (χ3v) is 3.44. The number of rotatable bonds is 5. The van der Waals surface area contributed by atoms with Crippen LogP contribution in [0.2, 0.25) is 0 Å². The molecule has 15 heavy (non-hydrogen) atoms. The zero-order valence-electron chi connectivity index (χ0n) is 10.6. The van der Waals surface area contributed by atoms with Crippen LogP contribution in [0.3, 0.4) is 0 Å². The van der Waals surface area contributed by atoms with Crippen LogP contribution in [0.4, 0.5) is 0 Å². The van der Waals surface area contributed by atoms with Crippen molar-refractivity contribution in [2.75, 3.05) is 13.2 Å². The van der Waals surface area contributed by atoms with Gasteiger partial charge in [-0.2, -0.15) is 0 Å². The van der Waals surface area contributed by atoms with E-state index in [1.54, 1.807) is 0 Å². The van der Waals surface area contributed by atoms with Crippen LogP contribution in [0.25, 0.3) is 0 Å². The molecule has 2 N–H and O–H groups in total. The average Bonchev–Trinajstić information content (AvgIpc) is 2.51. The predicted octanol–water partition coefficient (Wildman–Crippen LogP) is 2.56. The summed E-state index contributed by atoms with van der Waals surface area (Å²) in [6, 6.07) is 0.666. The molecule has 0 aliphatic heterocycles. The molecular formula is C13H27NO. The van der Waals surface area contributed by atoms with Crippen molar-refractivity contribution in [2.45, 2.75) is 58.9 Å². The van der Waals surface area contributed by atoms with Gasteiger partial charge in [0.1, 0.15) is 0 Å². The minimum absolute atomic E-state index is 0.349. The Labute approximate surface area is 94.5 Å². The highest BCUT2D eigenvalue weighted by Crippen LogP contribution is 2.28. The first kappa shape index (κ1) is 13.0. The molecule has 0 aromatic heterocycles. The summed E-state index contributed by atoms with van der Waals surface area (Å²) in [7, 11) is 0. The molecule has 0 spiro atoms. The lowest BCUT2D eigenvalue weighted by molar-refractivity contribution is 0.238. The molecule has 1 saturated carbocycles. The number of hydrogen-bond acceptors (Lipinski definition) is 2. The predicted molar refractivity (Wildman–Crippen MR) is 64.9 cm³/mol. The molecule has 2 heteroatoms. The molecule has 1 aliphatic carbocycles. The third kappa shape index (κ3) is 4.98. The van der Waals surface area contributed by atoms with E-state index >= 15 is 0 Å². The fourth-order valence-electron chi connectivity index (χ4n) is 2.45. The van der Waals surface area contributed by atoms with Crippen LogP contribution in [0, 0.1) is 11.3 Å². The van der Waals surface area contributed by atoms with E-state index in [0.717, 1.165) is 18.9 Å². The lowest BCUT2D eigenvalue weighted by Crippen LogP contribution is -2.34. The fraction of sp³-hybridized carbons (Fsp3) is 1.00. The number of nitrogens with one attached hydrogen (secondary N) is 1. The van der Waals surface area contributed by atoms with Gasteiger partial charge in [-0.05, 0) is 43.6 Å². The molecule has 90 valence electrons. The molecule has 0 saturated heterocycles. The average molecular weight is 213 g/mol. The SMILES string of the molecule is CC(C)(C)CCNC1CCCC1CCO. The largest absolute Gasteiger partial charge is 0.396 e. The van der Waals surface area contributed by atoms with Crippen molar-refractivity contribution in [3.63, 3.8) is 0 Å². The smallest absolute Gasteiger partial charge is 0.0434 e. The second kappa shape index (κ2) is 5.86. The van der Waals surface area contributed by atoms with Gasteiger partial charge in [0.15, 0.2) is 0 Å². The summed E-state index contributed by atoms with van der Waals surface area (Å²) in [5.41, 5.74) is 0.429. The van der Waals surface area contributed by atoms with E-state index in [2.05, 4.69) is 26.1 Å². The number of aliphatic hydroxyl groups excluding tert-OH is 1. The van der Waals surface area contributed by atoms with Crippen molar-refractivity contribution in [1.82, 2.24) is 5.32 Å². The summed E-state index contributed by atoms with van der Waals surface area (Å²) in [5.74, 6) is 0.718. The molecule has 0 amide bonds. The molecule has 0 heterocycles. The first-order chi connectivity index (χ1) is 7.03. The normalized spacial score (nSPS) is 27.2. The minimum atomic E-state index is 0.349. The van der Waals surface area contributed by atoms with Gasteiger partial charge in [-0.1, -0.05) is 27.2 Å². The Bertz CT molecular complexity index is 174. The molecule has 0 aromatic carbocycles. The van der Waals surface area contributed by atoms with E-state index in [1.807, 2.05) is 0 Å². The Morgan fingerprint density at radius 2 is 2.00 bits per heavy atom. The summed E-state index contributed by atoms with van der Waals surface area (Å²) in [6.45, 7) is 8.33. The van der Waals surface area contributed by atoms with Gasteiger partial charge < -0.3 is 10.4 Å². The standard InChI is InChI=1S/C13H27NO/c1-13(2,3)8-9-14-12-6-4-5-11(12)7-10-15/h11-12,14-15H,4-10H2,1-3H3. The van der Waals surface area contributed by atoms with Crippen LogP contribution in [0.1, 0.15) is 52.9 Å². The summed E-state index contributed by atoms with van der Waals surface area (Å²) in [4.78, 5) is 0. The summed E-state index contributed by atoms with van der Waals surface area (Å²) in [6.07, 6.45) is 6.14. The quantitative estimate of drug-likeness (QED) is 0.735. The lowest BCUT2D eigenvalue weighted by Gasteiger charge is -2.23. The molecule has 0 radical (unpaired) electrons. The monoisotopic (exact) mass is 213 g/mol. The zero-order chi connectivity index (χ0) is 11.3. The number of aliphatic hydroxyl groups is 1. The van der Waals surface area contributed by atoms with Gasteiger partial charge in [0.25, 0.3) is 0 Å². The molecule has 0 aromatic rings. The molecule has 2 nitrogen and oxygen atoms in total. The summed E-state index contributed by atoms with van der Waals surface area (Å²) < 4.78 is 0. The van der Waals surface area contributed by atoms with E-state index in [1.165, 1.54) is 25.7 Å². The van der Waals surface area contributed by atoms with Crippen LogP contribution in [0.15, 0.2) is 0 Å². The van der Waals surface area contributed by atoms with E-state index in [-0.39, 0.29) is 0 Å². The Kier molecular flexibility index (Phi) is 5.07. The van der Waals surface area contributed by atoms with Crippen molar-refractivity contribution < 1.29 is 5.11 Å². The first-order valence-corrected chi connectivity index (χ1v) is 6.37. The molecule has 2 atom stereocenters. The van der Waals surface area contributed by atoms with E-state index in [0.29, 0.717) is 18.1 Å². The molecular weight excluding hydrogens is 186 g/mol. The zero-order valence-corrected chi connectivity index (χ0v) is 10.6. The molecule has 1 rings (SSSR count). The Balaban J connectivity index is 2.20. The molecule has 1 fully saturated rings. The van der Waals surface area contributed by atoms with Gasteiger partial charge in [0, 0.05) is 12.6 Å².